The Kier molecular flexibility index (Phi) is 17.6. The molecule has 0 bridgehead atoms. The maximum absolute atomic E-state index is 14.1. The molecule has 18 heteroatoms. The number of unbranched alkanes of at least 4 members (excludes halogenated alkanes) is 4. The Bertz CT molecular complexity index is 1980. The number of anilines is 2. The maximum Gasteiger partial charge on any atom is 0.436 e. The maximum atomic E-state index is 14.1. The molecule has 0 saturated carbocycles. The van der Waals surface area contributed by atoms with Crippen LogP contribution in [-0.4, -0.2) is 48.7 Å². The van der Waals surface area contributed by atoms with Gasteiger partial charge in [0.1, 0.15) is 11.1 Å². The zero-order valence-corrected chi connectivity index (χ0v) is 32.7. The van der Waals surface area contributed by atoms with E-state index in [4.69, 9.17) is 5.11 Å². The third-order valence-corrected chi connectivity index (χ3v) is 8.58. The lowest BCUT2D eigenvalue weighted by molar-refractivity contribution is -0.142. The summed E-state index contributed by atoms with van der Waals surface area (Å²) in [4.78, 5) is 24.9. The van der Waals surface area contributed by atoms with Gasteiger partial charge >= 0.3 is 12.4 Å². The standard InChI is InChI=1S/C19H23F4N3O2.C19H21F4N3O.CH4O/c1-4-5-8-11-18(2,28)12-9-6-7-10-13(12)24-17(27)14-15(19(21,22)23)25-26(3)16(14)20;1-4-5-6-9-12(2)13-10-7-8-11-14(13)24-18(27)15-16(19(21,22)23)25-26(3)17(15)20;1-2/h6-7,9-10,28H,4-5,8,11H2,1-3H3,(H,24,27);7-11H,4-6H2,1-3H3,(H,24,27);2H,1H3. The number of carbonyl (C=O) groups excluding carboxylic acids is 2. The van der Waals surface area contributed by atoms with Crippen LogP contribution in [0.1, 0.15) is 116 Å². The van der Waals surface area contributed by atoms with Crippen molar-refractivity contribution in [2.75, 3.05) is 17.7 Å². The summed E-state index contributed by atoms with van der Waals surface area (Å²) < 4.78 is 108. The monoisotopic (exact) mass is 816 g/mol. The van der Waals surface area contributed by atoms with Gasteiger partial charge < -0.3 is 20.8 Å². The summed E-state index contributed by atoms with van der Waals surface area (Å²) in [6.07, 6.45) is -2.05. The Morgan fingerprint density at radius 3 is 1.65 bits per heavy atom. The molecule has 4 N–H and O–H groups in total. The van der Waals surface area contributed by atoms with Crippen LogP contribution >= 0.6 is 0 Å². The van der Waals surface area contributed by atoms with Crippen LogP contribution in [0, 0.1) is 11.9 Å². The SMILES string of the molecule is CCCCC=C(C)c1ccccc1NC(=O)c1c(C(F)(F)F)nn(C)c1F.CCCCCC(C)(O)c1ccccc1NC(=O)c1c(C(F)(F)F)nn(C)c1F.CO. The zero-order chi connectivity index (χ0) is 43.3. The zero-order valence-electron chi connectivity index (χ0n) is 32.7. The first-order valence-corrected chi connectivity index (χ1v) is 17.9. The van der Waals surface area contributed by atoms with Gasteiger partial charge in [-0.25, -0.2) is 9.36 Å². The second-order valence-corrected chi connectivity index (χ2v) is 13.0. The van der Waals surface area contributed by atoms with Crippen LogP contribution in [0.4, 0.5) is 46.5 Å². The summed E-state index contributed by atoms with van der Waals surface area (Å²) >= 11 is 0. The lowest BCUT2D eigenvalue weighted by Gasteiger charge is -2.26. The molecule has 0 aliphatic rings. The lowest BCUT2D eigenvalue weighted by atomic mass is 9.89. The summed E-state index contributed by atoms with van der Waals surface area (Å²) in [6.45, 7) is 7.51. The van der Waals surface area contributed by atoms with E-state index in [1.165, 1.54) is 6.07 Å². The summed E-state index contributed by atoms with van der Waals surface area (Å²) in [7, 11) is 2.99. The molecule has 0 radical (unpaired) electrons. The van der Waals surface area contributed by atoms with E-state index in [-0.39, 0.29) is 5.69 Å². The van der Waals surface area contributed by atoms with Gasteiger partial charge in [-0.15, -0.1) is 0 Å². The van der Waals surface area contributed by atoms with Gasteiger partial charge in [-0.2, -0.15) is 45.3 Å². The van der Waals surface area contributed by atoms with E-state index in [1.54, 1.807) is 49.4 Å². The molecular weight excluding hydrogens is 768 g/mol. The molecule has 1 atom stereocenters. The average Bonchev–Trinajstić information content (AvgIpc) is 3.63. The van der Waals surface area contributed by atoms with Gasteiger partial charge in [0.05, 0.1) is 5.60 Å². The number of carbonyl (C=O) groups is 2. The molecule has 2 aromatic carbocycles. The van der Waals surface area contributed by atoms with Crippen molar-refractivity contribution < 1.29 is 54.9 Å². The summed E-state index contributed by atoms with van der Waals surface area (Å²) in [5.41, 5.74) is -4.44. The molecule has 4 rings (SSSR count). The number of nitrogens with one attached hydrogen (secondary N) is 2. The number of aliphatic hydroxyl groups is 2. The summed E-state index contributed by atoms with van der Waals surface area (Å²) in [6, 6.07) is 12.9. The molecule has 10 nitrogen and oxygen atoms in total. The van der Waals surface area contributed by atoms with E-state index in [1.807, 2.05) is 19.9 Å². The van der Waals surface area contributed by atoms with Crippen LogP contribution in [0.15, 0.2) is 54.6 Å². The second-order valence-electron chi connectivity index (χ2n) is 13.0. The highest BCUT2D eigenvalue weighted by molar-refractivity contribution is 6.07. The van der Waals surface area contributed by atoms with Crippen molar-refractivity contribution in [2.24, 2.45) is 14.1 Å². The fourth-order valence-corrected chi connectivity index (χ4v) is 5.66. The molecular formula is C39H48F8N6O4. The highest BCUT2D eigenvalue weighted by Gasteiger charge is 2.43. The predicted molar refractivity (Wildman–Crippen MR) is 200 cm³/mol. The smallest absolute Gasteiger partial charge is 0.400 e. The van der Waals surface area contributed by atoms with Crippen LogP contribution in [0.5, 0.6) is 0 Å². The average molecular weight is 817 g/mol. The molecule has 0 fully saturated rings. The minimum Gasteiger partial charge on any atom is -0.400 e. The fraction of sp³-hybridized carbons (Fsp3) is 0.436. The highest BCUT2D eigenvalue weighted by Crippen LogP contribution is 2.36. The highest BCUT2D eigenvalue weighted by atomic mass is 19.4. The van der Waals surface area contributed by atoms with Gasteiger partial charge in [0, 0.05) is 43.7 Å². The molecule has 0 aliphatic carbocycles. The molecule has 4 aromatic rings. The van der Waals surface area contributed by atoms with Crippen LogP contribution in [0.2, 0.25) is 0 Å². The number of halogens is 8. The molecule has 0 saturated heterocycles. The van der Waals surface area contributed by atoms with Crippen molar-refractivity contribution in [1.29, 1.82) is 0 Å². The molecule has 314 valence electrons. The number of allylic oxidation sites excluding steroid dienone is 2. The van der Waals surface area contributed by atoms with E-state index in [9.17, 15) is 49.8 Å². The van der Waals surface area contributed by atoms with Crippen LogP contribution < -0.4 is 10.6 Å². The number of amides is 2. The number of hydrogen-bond acceptors (Lipinski definition) is 6. The Morgan fingerprint density at radius 1 is 0.737 bits per heavy atom. The Balaban J connectivity index is 0.000000377. The molecule has 2 amide bonds. The molecule has 57 heavy (non-hydrogen) atoms. The summed E-state index contributed by atoms with van der Waals surface area (Å²) in [5, 5.41) is 28.7. The number of aryl methyl sites for hydroxylation is 2. The van der Waals surface area contributed by atoms with Crippen molar-refractivity contribution in [2.45, 2.75) is 90.6 Å². The lowest BCUT2D eigenvalue weighted by Crippen LogP contribution is -2.25. The number of benzene rings is 2. The van der Waals surface area contributed by atoms with Crippen molar-refractivity contribution in [3.63, 3.8) is 0 Å². The topological polar surface area (TPSA) is 134 Å². The minimum absolute atomic E-state index is 0.116. The fourth-order valence-electron chi connectivity index (χ4n) is 5.66. The third kappa shape index (κ3) is 12.7. The van der Waals surface area contributed by atoms with Gasteiger partial charge in [0.15, 0.2) is 11.4 Å². The van der Waals surface area contributed by atoms with Gasteiger partial charge in [0.2, 0.25) is 11.9 Å². The van der Waals surface area contributed by atoms with Crippen LogP contribution in [0.3, 0.4) is 0 Å². The van der Waals surface area contributed by atoms with Gasteiger partial charge in [0.25, 0.3) is 11.8 Å². The largest absolute Gasteiger partial charge is 0.436 e. The number of aliphatic hydroxyl groups excluding tert-OH is 1. The first kappa shape index (κ1) is 48.0. The number of alkyl halides is 6. The Hall–Kier alpha value is -5.10. The van der Waals surface area contributed by atoms with Gasteiger partial charge in [-0.3, -0.25) is 9.59 Å². The molecule has 2 aromatic heterocycles. The van der Waals surface area contributed by atoms with E-state index in [2.05, 4.69) is 27.8 Å². The van der Waals surface area contributed by atoms with Gasteiger partial charge in [-0.05, 0) is 44.4 Å². The number of aromatic nitrogens is 4. The predicted octanol–water partition coefficient (Wildman–Crippen LogP) is 9.65. The quantitative estimate of drug-likeness (QED) is 0.0785. The Morgan fingerprint density at radius 2 is 1.18 bits per heavy atom. The number of nitrogens with zero attached hydrogens (tertiary/aromatic N) is 4. The summed E-state index contributed by atoms with van der Waals surface area (Å²) in [5.74, 6) is -5.21. The number of para-hydroxylation sites is 2. The normalized spacial score (nSPS) is 12.8. The van der Waals surface area contributed by atoms with E-state index in [0.717, 1.165) is 65.3 Å². The van der Waals surface area contributed by atoms with E-state index in [0.29, 0.717) is 32.6 Å². The Labute approximate surface area is 325 Å². The van der Waals surface area contributed by atoms with E-state index < -0.39 is 64.2 Å². The van der Waals surface area contributed by atoms with Crippen molar-refractivity contribution in [3.8, 4) is 0 Å². The van der Waals surface area contributed by atoms with Gasteiger partial charge in [-0.1, -0.05) is 88.4 Å². The second kappa shape index (κ2) is 20.9. The first-order valence-electron chi connectivity index (χ1n) is 17.9. The first-order chi connectivity index (χ1) is 26.6. The van der Waals surface area contributed by atoms with Crippen molar-refractivity contribution in [1.82, 2.24) is 19.6 Å². The number of hydrogen-bond donors (Lipinski definition) is 4. The third-order valence-electron chi connectivity index (χ3n) is 8.58. The molecule has 0 aliphatic heterocycles. The van der Waals surface area contributed by atoms with Crippen LogP contribution in [-0.2, 0) is 32.0 Å². The molecule has 1 unspecified atom stereocenters. The minimum atomic E-state index is -4.99. The molecule has 2 heterocycles. The van der Waals surface area contributed by atoms with Crippen molar-refractivity contribution in [3.05, 3.63) is 100 Å². The van der Waals surface area contributed by atoms with Crippen molar-refractivity contribution >= 4 is 28.8 Å². The van der Waals surface area contributed by atoms with Crippen LogP contribution in [0.25, 0.3) is 5.57 Å². The molecule has 0 spiro atoms. The van der Waals surface area contributed by atoms with E-state index >= 15 is 0 Å². The number of rotatable bonds is 13.